The van der Waals surface area contributed by atoms with Gasteiger partial charge >= 0.3 is 0 Å². The van der Waals surface area contributed by atoms with Crippen molar-refractivity contribution in [1.82, 2.24) is 5.32 Å². The molecule has 14 heavy (non-hydrogen) atoms. The van der Waals surface area contributed by atoms with Crippen LogP contribution in [-0.2, 0) is 9.53 Å². The fraction of sp³-hybridized carbons (Fsp3) is 0.900. The lowest BCUT2D eigenvalue weighted by molar-refractivity contribution is -0.127. The zero-order valence-electron chi connectivity index (χ0n) is 9.18. The first-order chi connectivity index (χ1) is 6.56. The predicted molar refractivity (Wildman–Crippen MR) is 61.7 cm³/mol. The van der Waals surface area contributed by atoms with Crippen molar-refractivity contribution in [3.05, 3.63) is 0 Å². The summed E-state index contributed by atoms with van der Waals surface area (Å²) in [6.45, 7) is 6.82. The Labute approximate surface area is 94.7 Å². The molecule has 0 radical (unpaired) electrons. The molecule has 1 atom stereocenters. The molecule has 0 rings (SSSR count). The highest BCUT2D eigenvalue weighted by Gasteiger charge is 2.04. The average Bonchev–Trinajstić information content (AvgIpc) is 2.14. The number of hydrogen-bond acceptors (Lipinski definition) is 2. The molecule has 4 heteroatoms. The van der Waals surface area contributed by atoms with E-state index in [2.05, 4.69) is 28.2 Å². The molecule has 0 heterocycles. The molecule has 0 aromatic carbocycles. The molecule has 1 unspecified atom stereocenters. The van der Waals surface area contributed by atoms with Crippen molar-refractivity contribution in [2.75, 3.05) is 13.2 Å². The summed E-state index contributed by atoms with van der Waals surface area (Å²) in [6.07, 6.45) is 2.16. The lowest BCUT2D eigenvalue weighted by Crippen LogP contribution is -2.30. The number of amides is 1. The van der Waals surface area contributed by atoms with Crippen LogP contribution in [0.25, 0.3) is 0 Å². The molecular formula is C10H20BrNO2. The topological polar surface area (TPSA) is 38.3 Å². The van der Waals surface area contributed by atoms with Crippen molar-refractivity contribution in [2.24, 2.45) is 0 Å². The number of nitrogens with one attached hydrogen (secondary N) is 1. The molecule has 0 spiro atoms. The van der Waals surface area contributed by atoms with Crippen LogP contribution in [0.1, 0.15) is 33.6 Å². The molecule has 0 fully saturated rings. The highest BCUT2D eigenvalue weighted by molar-refractivity contribution is 9.09. The number of halogens is 1. The van der Waals surface area contributed by atoms with Crippen molar-refractivity contribution < 1.29 is 9.53 Å². The van der Waals surface area contributed by atoms with Gasteiger partial charge in [-0.3, -0.25) is 4.79 Å². The van der Waals surface area contributed by atoms with Crippen molar-refractivity contribution >= 4 is 21.8 Å². The molecule has 1 amide bonds. The van der Waals surface area contributed by atoms with Gasteiger partial charge in [-0.2, -0.15) is 0 Å². The molecular weight excluding hydrogens is 246 g/mol. The van der Waals surface area contributed by atoms with Gasteiger partial charge in [0.25, 0.3) is 0 Å². The van der Waals surface area contributed by atoms with Crippen LogP contribution in [0.5, 0.6) is 0 Å². The van der Waals surface area contributed by atoms with Gasteiger partial charge in [0.15, 0.2) is 0 Å². The first kappa shape index (κ1) is 13.9. The second kappa shape index (κ2) is 8.24. The van der Waals surface area contributed by atoms with Gasteiger partial charge in [0.05, 0.1) is 6.10 Å². The number of carbonyl (C=O) groups is 1. The smallest absolute Gasteiger partial charge is 0.246 e. The van der Waals surface area contributed by atoms with E-state index >= 15 is 0 Å². The highest BCUT2D eigenvalue weighted by atomic mass is 79.9. The third-order valence-electron chi connectivity index (χ3n) is 1.77. The van der Waals surface area contributed by atoms with Crippen LogP contribution in [0.15, 0.2) is 0 Å². The maximum atomic E-state index is 11.2. The van der Waals surface area contributed by atoms with Crippen molar-refractivity contribution in [3.63, 3.8) is 0 Å². The predicted octanol–water partition coefficient (Wildman–Crippen LogP) is 2.09. The largest absolute Gasteiger partial charge is 0.369 e. The summed E-state index contributed by atoms with van der Waals surface area (Å²) in [6, 6.07) is 0. The number of carbonyl (C=O) groups excluding carboxylic acids is 1. The molecule has 0 saturated carbocycles. The number of alkyl halides is 1. The van der Waals surface area contributed by atoms with Crippen LogP contribution in [0.2, 0.25) is 0 Å². The standard InChI is InChI=1S/C10H20BrNO2/c1-4-9(11)5-6-12-10(13)7-14-8(2)3/h8-9H,4-7H2,1-3H3,(H,12,13). The third kappa shape index (κ3) is 8.51. The zero-order valence-corrected chi connectivity index (χ0v) is 10.8. The Kier molecular flexibility index (Phi) is 8.18. The second-order valence-electron chi connectivity index (χ2n) is 3.50. The Morgan fingerprint density at radius 2 is 2.14 bits per heavy atom. The van der Waals surface area contributed by atoms with Crippen LogP contribution in [0, 0.1) is 0 Å². The van der Waals surface area contributed by atoms with Crippen LogP contribution in [0.3, 0.4) is 0 Å². The quantitative estimate of drug-likeness (QED) is 0.716. The molecule has 0 aromatic heterocycles. The van der Waals surface area contributed by atoms with E-state index in [0.29, 0.717) is 11.4 Å². The minimum atomic E-state index is -0.0329. The summed E-state index contributed by atoms with van der Waals surface area (Å²) in [5, 5.41) is 2.81. The van der Waals surface area contributed by atoms with Crippen LogP contribution < -0.4 is 5.32 Å². The first-order valence-electron chi connectivity index (χ1n) is 5.08. The molecule has 84 valence electrons. The van der Waals surface area contributed by atoms with E-state index in [9.17, 15) is 4.79 Å². The lowest BCUT2D eigenvalue weighted by atomic mass is 10.2. The Hall–Kier alpha value is -0.0900. The number of hydrogen-bond donors (Lipinski definition) is 1. The van der Waals surface area contributed by atoms with Crippen molar-refractivity contribution in [3.8, 4) is 0 Å². The van der Waals surface area contributed by atoms with Gasteiger partial charge in [-0.15, -0.1) is 0 Å². The fourth-order valence-electron chi connectivity index (χ4n) is 0.866. The highest BCUT2D eigenvalue weighted by Crippen LogP contribution is 2.07. The Morgan fingerprint density at radius 3 is 2.64 bits per heavy atom. The lowest BCUT2D eigenvalue weighted by Gasteiger charge is -2.09. The zero-order chi connectivity index (χ0) is 11.0. The van der Waals surface area contributed by atoms with Crippen LogP contribution >= 0.6 is 15.9 Å². The first-order valence-corrected chi connectivity index (χ1v) is 6.00. The van der Waals surface area contributed by atoms with Gasteiger partial charge in [0, 0.05) is 11.4 Å². The van der Waals surface area contributed by atoms with Crippen molar-refractivity contribution in [1.29, 1.82) is 0 Å². The fourth-order valence-corrected chi connectivity index (χ4v) is 1.09. The van der Waals surface area contributed by atoms with Gasteiger partial charge < -0.3 is 10.1 Å². The summed E-state index contributed by atoms with van der Waals surface area (Å²) < 4.78 is 5.16. The summed E-state index contributed by atoms with van der Waals surface area (Å²) in [5.41, 5.74) is 0. The van der Waals surface area contributed by atoms with E-state index in [1.807, 2.05) is 13.8 Å². The van der Waals surface area contributed by atoms with E-state index in [4.69, 9.17) is 4.74 Å². The Balaban J connectivity index is 3.35. The molecule has 1 N–H and O–H groups in total. The summed E-state index contributed by atoms with van der Waals surface area (Å²) in [7, 11) is 0. The normalized spacial score (nSPS) is 12.9. The third-order valence-corrected chi connectivity index (χ3v) is 2.88. The molecule has 0 aliphatic heterocycles. The maximum Gasteiger partial charge on any atom is 0.246 e. The Bertz CT molecular complexity index is 162. The van der Waals surface area contributed by atoms with E-state index in [1.165, 1.54) is 0 Å². The Morgan fingerprint density at radius 1 is 1.50 bits per heavy atom. The summed E-state index contributed by atoms with van der Waals surface area (Å²) in [5.74, 6) is -0.0329. The molecule has 0 aromatic rings. The van der Waals surface area contributed by atoms with E-state index < -0.39 is 0 Å². The second-order valence-corrected chi connectivity index (χ2v) is 4.80. The van der Waals surface area contributed by atoms with E-state index in [0.717, 1.165) is 12.8 Å². The molecule has 0 aliphatic rings. The minimum absolute atomic E-state index is 0.0329. The van der Waals surface area contributed by atoms with Gasteiger partial charge in [-0.1, -0.05) is 22.9 Å². The van der Waals surface area contributed by atoms with Gasteiger partial charge in [0.1, 0.15) is 6.61 Å². The number of ether oxygens (including phenoxy) is 1. The summed E-state index contributed by atoms with van der Waals surface area (Å²) >= 11 is 3.51. The average molecular weight is 266 g/mol. The van der Waals surface area contributed by atoms with Gasteiger partial charge in [-0.05, 0) is 26.7 Å². The molecule has 0 saturated heterocycles. The van der Waals surface area contributed by atoms with Crippen LogP contribution in [-0.4, -0.2) is 30.0 Å². The molecule has 0 bridgehead atoms. The van der Waals surface area contributed by atoms with Crippen molar-refractivity contribution in [2.45, 2.75) is 44.5 Å². The SMILES string of the molecule is CCC(Br)CCNC(=O)COC(C)C. The van der Waals surface area contributed by atoms with E-state index in [-0.39, 0.29) is 18.6 Å². The molecule has 0 aliphatic carbocycles. The monoisotopic (exact) mass is 265 g/mol. The van der Waals surface area contributed by atoms with E-state index in [1.54, 1.807) is 0 Å². The number of rotatable bonds is 7. The van der Waals surface area contributed by atoms with Gasteiger partial charge in [0.2, 0.25) is 5.91 Å². The summed E-state index contributed by atoms with van der Waals surface area (Å²) in [4.78, 5) is 11.7. The minimum Gasteiger partial charge on any atom is -0.369 e. The molecule has 3 nitrogen and oxygen atoms in total. The van der Waals surface area contributed by atoms with Crippen LogP contribution in [0.4, 0.5) is 0 Å². The maximum absolute atomic E-state index is 11.2. The van der Waals surface area contributed by atoms with Gasteiger partial charge in [-0.25, -0.2) is 0 Å².